The summed E-state index contributed by atoms with van der Waals surface area (Å²) in [7, 11) is 0. The Balaban J connectivity index is 2.13. The minimum Gasteiger partial charge on any atom is -0.383 e. The van der Waals surface area contributed by atoms with E-state index in [2.05, 4.69) is 22.5 Å². The quantitative estimate of drug-likeness (QED) is 0.869. The van der Waals surface area contributed by atoms with Gasteiger partial charge in [0.05, 0.1) is 23.1 Å². The van der Waals surface area contributed by atoms with Gasteiger partial charge in [-0.15, -0.1) is 0 Å². The largest absolute Gasteiger partial charge is 0.383 e. The van der Waals surface area contributed by atoms with E-state index in [1.54, 1.807) is 29.8 Å². The maximum atomic E-state index is 12.1. The number of carbonyl (C=O) groups is 1. The van der Waals surface area contributed by atoms with E-state index >= 15 is 0 Å². The maximum Gasteiger partial charge on any atom is 0.257 e. The van der Waals surface area contributed by atoms with Crippen molar-refractivity contribution in [3.8, 4) is 0 Å². The number of rotatable bonds is 5. The van der Waals surface area contributed by atoms with Crippen molar-refractivity contribution in [2.45, 2.75) is 13.3 Å². The highest BCUT2D eigenvalue weighted by Crippen LogP contribution is 2.17. The van der Waals surface area contributed by atoms with Gasteiger partial charge in [-0.1, -0.05) is 6.92 Å². The molecule has 2 rings (SSSR count). The fourth-order valence-corrected chi connectivity index (χ4v) is 2.11. The first-order valence-corrected chi connectivity index (χ1v) is 6.77. The molecule has 4 nitrogen and oxygen atoms in total. The van der Waals surface area contributed by atoms with Gasteiger partial charge in [0, 0.05) is 18.1 Å². The predicted molar refractivity (Wildman–Crippen MR) is 75.3 cm³/mol. The van der Waals surface area contributed by atoms with Crippen LogP contribution in [0.5, 0.6) is 0 Å². The topological polar surface area (TPSA) is 54.0 Å². The van der Waals surface area contributed by atoms with Crippen molar-refractivity contribution in [3.05, 3.63) is 40.8 Å². The lowest BCUT2D eigenvalue weighted by atomic mass is 10.2. The van der Waals surface area contributed by atoms with Gasteiger partial charge in [-0.25, -0.2) is 0 Å². The number of amides is 1. The van der Waals surface area contributed by atoms with Gasteiger partial charge in [0.15, 0.2) is 0 Å². The molecular formula is C13H15N3OS. The van der Waals surface area contributed by atoms with Gasteiger partial charge in [-0.05, 0) is 23.9 Å². The Morgan fingerprint density at radius 3 is 3.06 bits per heavy atom. The van der Waals surface area contributed by atoms with E-state index < -0.39 is 0 Å². The fraction of sp³-hybridized carbons (Fsp3) is 0.231. The van der Waals surface area contributed by atoms with Crippen molar-refractivity contribution in [3.63, 3.8) is 0 Å². The van der Waals surface area contributed by atoms with Crippen LogP contribution in [0.1, 0.15) is 23.7 Å². The normalized spacial score (nSPS) is 10.1. The second kappa shape index (κ2) is 6.16. The minimum atomic E-state index is -0.116. The molecule has 0 aliphatic carbocycles. The molecule has 94 valence electrons. The number of nitrogens with one attached hydrogen (secondary N) is 2. The first kappa shape index (κ1) is 12.6. The zero-order valence-electron chi connectivity index (χ0n) is 10.1. The van der Waals surface area contributed by atoms with E-state index in [1.165, 1.54) is 0 Å². The Morgan fingerprint density at radius 1 is 1.44 bits per heavy atom. The number of hydrogen-bond donors (Lipinski definition) is 2. The summed E-state index contributed by atoms with van der Waals surface area (Å²) >= 11 is 1.55. The van der Waals surface area contributed by atoms with Gasteiger partial charge >= 0.3 is 0 Å². The van der Waals surface area contributed by atoms with Crippen LogP contribution < -0.4 is 10.6 Å². The lowest BCUT2D eigenvalue weighted by molar-refractivity contribution is 0.102. The molecule has 2 heterocycles. The summed E-state index contributed by atoms with van der Waals surface area (Å²) < 4.78 is 0. The van der Waals surface area contributed by atoms with Crippen molar-refractivity contribution in [1.29, 1.82) is 0 Å². The van der Waals surface area contributed by atoms with Crippen LogP contribution in [0.2, 0.25) is 0 Å². The van der Waals surface area contributed by atoms with E-state index in [1.807, 2.05) is 16.8 Å². The van der Waals surface area contributed by atoms with Crippen molar-refractivity contribution >= 4 is 28.6 Å². The number of anilines is 2. The van der Waals surface area contributed by atoms with E-state index in [9.17, 15) is 4.79 Å². The summed E-state index contributed by atoms with van der Waals surface area (Å²) in [5.41, 5.74) is 2.21. The summed E-state index contributed by atoms with van der Waals surface area (Å²) in [5, 5.41) is 9.89. The molecule has 18 heavy (non-hydrogen) atoms. The first-order valence-electron chi connectivity index (χ1n) is 5.82. The van der Waals surface area contributed by atoms with Crippen LogP contribution in [-0.4, -0.2) is 17.4 Å². The molecule has 0 unspecified atom stereocenters. The summed E-state index contributed by atoms with van der Waals surface area (Å²) in [4.78, 5) is 16.2. The molecule has 0 atom stereocenters. The summed E-state index contributed by atoms with van der Waals surface area (Å²) in [5.74, 6) is -0.116. The van der Waals surface area contributed by atoms with E-state index in [0.717, 1.165) is 24.3 Å². The molecule has 5 heteroatoms. The average molecular weight is 261 g/mol. The molecule has 0 aliphatic rings. The number of aromatic nitrogens is 1. The minimum absolute atomic E-state index is 0.116. The van der Waals surface area contributed by atoms with Crippen molar-refractivity contribution < 1.29 is 4.79 Å². The summed E-state index contributed by atoms with van der Waals surface area (Å²) in [6, 6.07) is 3.60. The lowest BCUT2D eigenvalue weighted by Gasteiger charge is -2.10. The molecule has 0 spiro atoms. The molecule has 0 fully saturated rings. The highest BCUT2D eigenvalue weighted by molar-refractivity contribution is 7.08. The lowest BCUT2D eigenvalue weighted by Crippen LogP contribution is -2.15. The molecule has 0 saturated carbocycles. The molecule has 2 N–H and O–H groups in total. The SMILES string of the molecule is CCCNc1cnccc1C(=O)Nc1ccsc1. The van der Waals surface area contributed by atoms with Gasteiger partial charge in [0.2, 0.25) is 0 Å². The zero-order chi connectivity index (χ0) is 12.8. The standard InChI is InChI=1S/C13H15N3OS/c1-2-5-15-12-8-14-6-3-11(12)13(17)16-10-4-7-18-9-10/h3-4,6-9,15H,2,5H2,1H3,(H,16,17). The smallest absolute Gasteiger partial charge is 0.257 e. The molecule has 0 bridgehead atoms. The molecule has 0 aliphatic heterocycles. The third-order valence-corrected chi connectivity index (χ3v) is 3.09. The number of carbonyl (C=O) groups excluding carboxylic acids is 1. The predicted octanol–water partition coefficient (Wildman–Crippen LogP) is 3.22. The van der Waals surface area contributed by atoms with Crippen LogP contribution in [0.15, 0.2) is 35.3 Å². The Morgan fingerprint density at radius 2 is 2.33 bits per heavy atom. The molecule has 1 amide bonds. The molecular weight excluding hydrogens is 246 g/mol. The second-order valence-corrected chi connectivity index (χ2v) is 4.59. The molecule has 0 aromatic carbocycles. The third-order valence-electron chi connectivity index (χ3n) is 2.41. The van der Waals surface area contributed by atoms with Crippen LogP contribution >= 0.6 is 11.3 Å². The van der Waals surface area contributed by atoms with Gasteiger partial charge in [0.1, 0.15) is 0 Å². The van der Waals surface area contributed by atoms with Crippen molar-refractivity contribution in [2.75, 3.05) is 17.2 Å². The summed E-state index contributed by atoms with van der Waals surface area (Å²) in [6.07, 6.45) is 4.30. The number of pyridine rings is 1. The Labute approximate surface area is 110 Å². The second-order valence-electron chi connectivity index (χ2n) is 3.81. The zero-order valence-corrected chi connectivity index (χ0v) is 11.0. The van der Waals surface area contributed by atoms with Gasteiger partial charge in [-0.3, -0.25) is 9.78 Å². The summed E-state index contributed by atoms with van der Waals surface area (Å²) in [6.45, 7) is 2.90. The highest BCUT2D eigenvalue weighted by atomic mass is 32.1. The van der Waals surface area contributed by atoms with Crippen LogP contribution in [0.3, 0.4) is 0 Å². The van der Waals surface area contributed by atoms with E-state index in [4.69, 9.17) is 0 Å². The highest BCUT2D eigenvalue weighted by Gasteiger charge is 2.11. The molecule has 0 radical (unpaired) electrons. The molecule has 2 aromatic rings. The average Bonchev–Trinajstić information content (AvgIpc) is 2.89. The van der Waals surface area contributed by atoms with Crippen molar-refractivity contribution in [2.24, 2.45) is 0 Å². The number of nitrogens with zero attached hydrogens (tertiary/aromatic N) is 1. The maximum absolute atomic E-state index is 12.1. The van der Waals surface area contributed by atoms with Gasteiger partial charge < -0.3 is 10.6 Å². The Hall–Kier alpha value is -1.88. The Bertz CT molecular complexity index is 511. The van der Waals surface area contributed by atoms with Crippen molar-refractivity contribution in [1.82, 2.24) is 4.98 Å². The van der Waals surface area contributed by atoms with Crippen LogP contribution in [0, 0.1) is 0 Å². The van der Waals surface area contributed by atoms with E-state index in [-0.39, 0.29) is 5.91 Å². The van der Waals surface area contributed by atoms with Gasteiger partial charge in [-0.2, -0.15) is 11.3 Å². The number of hydrogen-bond acceptors (Lipinski definition) is 4. The van der Waals surface area contributed by atoms with Gasteiger partial charge in [0.25, 0.3) is 5.91 Å². The molecule has 2 aromatic heterocycles. The van der Waals surface area contributed by atoms with Crippen LogP contribution in [0.25, 0.3) is 0 Å². The first-order chi connectivity index (χ1) is 8.81. The van der Waals surface area contributed by atoms with Crippen LogP contribution in [0.4, 0.5) is 11.4 Å². The third kappa shape index (κ3) is 3.07. The number of thiophene rings is 1. The fourth-order valence-electron chi connectivity index (χ4n) is 1.53. The molecule has 0 saturated heterocycles. The van der Waals surface area contributed by atoms with E-state index in [0.29, 0.717) is 5.56 Å². The monoisotopic (exact) mass is 261 g/mol. The van der Waals surface area contributed by atoms with Crippen LogP contribution in [-0.2, 0) is 0 Å². The Kier molecular flexibility index (Phi) is 4.30.